The van der Waals surface area contributed by atoms with Gasteiger partial charge in [0, 0.05) is 0 Å². The number of methoxy groups -OCH3 is 1. The average Bonchev–Trinajstić information content (AvgIpc) is 3.11. The van der Waals surface area contributed by atoms with Gasteiger partial charge in [-0.05, 0) is 48.9 Å². The Morgan fingerprint density at radius 1 is 1.21 bits per heavy atom. The van der Waals surface area contributed by atoms with E-state index >= 15 is 0 Å². The number of ether oxygens (including phenoxy) is 1. The number of anilines is 3. The molecule has 24 heavy (non-hydrogen) atoms. The number of furan rings is 1. The number of carbonyl (C=O) groups is 1. The number of benzene rings is 1. The van der Waals surface area contributed by atoms with Crippen molar-refractivity contribution in [1.29, 1.82) is 0 Å². The lowest BCUT2D eigenvalue weighted by atomic mass is 10.2. The number of hydrogen-bond acceptors (Lipinski definition) is 5. The first-order chi connectivity index (χ1) is 11.7. The lowest BCUT2D eigenvalue weighted by molar-refractivity contribution is 0.0996. The molecule has 0 bridgehead atoms. The van der Waals surface area contributed by atoms with E-state index in [1.54, 1.807) is 37.6 Å². The van der Waals surface area contributed by atoms with E-state index in [4.69, 9.17) is 9.15 Å². The summed E-state index contributed by atoms with van der Waals surface area (Å²) in [5.41, 5.74) is 2.52. The summed E-state index contributed by atoms with van der Waals surface area (Å²) in [6, 6.07) is 12.7. The first-order valence-electron chi connectivity index (χ1n) is 7.38. The summed E-state index contributed by atoms with van der Waals surface area (Å²) in [5, 5.41) is 5.92. The normalized spacial score (nSPS) is 10.2. The molecule has 1 aromatic carbocycles. The first kappa shape index (κ1) is 15.6. The van der Waals surface area contributed by atoms with Crippen molar-refractivity contribution in [2.24, 2.45) is 0 Å². The molecule has 0 unspecified atom stereocenters. The minimum absolute atomic E-state index is 0.252. The van der Waals surface area contributed by atoms with Gasteiger partial charge in [0.1, 0.15) is 11.6 Å². The van der Waals surface area contributed by atoms with Crippen molar-refractivity contribution in [1.82, 2.24) is 4.98 Å². The highest BCUT2D eigenvalue weighted by Crippen LogP contribution is 2.28. The van der Waals surface area contributed by atoms with Gasteiger partial charge in [-0.1, -0.05) is 6.07 Å². The third kappa shape index (κ3) is 3.55. The summed E-state index contributed by atoms with van der Waals surface area (Å²) < 4.78 is 10.4. The molecular formula is C18H17N3O3. The molecule has 6 nitrogen and oxygen atoms in total. The molecule has 0 aliphatic heterocycles. The van der Waals surface area contributed by atoms with Crippen molar-refractivity contribution in [2.45, 2.75) is 6.92 Å². The van der Waals surface area contributed by atoms with Crippen molar-refractivity contribution < 1.29 is 13.9 Å². The average molecular weight is 323 g/mol. The van der Waals surface area contributed by atoms with Crippen molar-refractivity contribution in [3.05, 3.63) is 66.2 Å². The van der Waals surface area contributed by atoms with E-state index in [-0.39, 0.29) is 11.7 Å². The van der Waals surface area contributed by atoms with Crippen LogP contribution in [0.25, 0.3) is 0 Å². The number of nitrogens with one attached hydrogen (secondary N) is 2. The molecule has 6 heteroatoms. The van der Waals surface area contributed by atoms with E-state index in [9.17, 15) is 4.79 Å². The maximum atomic E-state index is 11.9. The number of pyridine rings is 1. The quantitative estimate of drug-likeness (QED) is 0.742. The van der Waals surface area contributed by atoms with Gasteiger partial charge in [0.15, 0.2) is 5.76 Å². The Hall–Kier alpha value is -3.28. The summed E-state index contributed by atoms with van der Waals surface area (Å²) >= 11 is 0. The van der Waals surface area contributed by atoms with Crippen LogP contribution in [0, 0.1) is 6.92 Å². The van der Waals surface area contributed by atoms with Gasteiger partial charge in [0.2, 0.25) is 0 Å². The molecule has 0 aliphatic rings. The molecule has 3 rings (SSSR count). The predicted octanol–water partition coefficient (Wildman–Crippen LogP) is 3.99. The summed E-state index contributed by atoms with van der Waals surface area (Å²) in [6.45, 7) is 2.01. The van der Waals surface area contributed by atoms with Gasteiger partial charge >= 0.3 is 0 Å². The fraction of sp³-hybridized carbons (Fsp3) is 0.111. The lowest BCUT2D eigenvalue weighted by Crippen LogP contribution is -2.11. The van der Waals surface area contributed by atoms with Gasteiger partial charge in [0.25, 0.3) is 5.91 Å². The predicted molar refractivity (Wildman–Crippen MR) is 91.9 cm³/mol. The molecule has 2 heterocycles. The molecule has 3 aromatic rings. The molecule has 0 atom stereocenters. The van der Waals surface area contributed by atoms with Crippen LogP contribution in [0.5, 0.6) is 5.75 Å². The fourth-order valence-electron chi connectivity index (χ4n) is 2.20. The molecule has 0 radical (unpaired) electrons. The van der Waals surface area contributed by atoms with Gasteiger partial charge in [-0.15, -0.1) is 0 Å². The summed E-state index contributed by atoms with van der Waals surface area (Å²) in [4.78, 5) is 16.2. The Kier molecular flexibility index (Phi) is 4.47. The van der Waals surface area contributed by atoms with E-state index in [0.717, 1.165) is 17.0 Å². The molecule has 2 N–H and O–H groups in total. The second kappa shape index (κ2) is 6.87. The van der Waals surface area contributed by atoms with Gasteiger partial charge < -0.3 is 19.8 Å². The largest absolute Gasteiger partial charge is 0.495 e. The monoisotopic (exact) mass is 323 g/mol. The third-order valence-electron chi connectivity index (χ3n) is 3.38. The first-order valence-corrected chi connectivity index (χ1v) is 7.38. The van der Waals surface area contributed by atoms with E-state index in [0.29, 0.717) is 11.5 Å². The van der Waals surface area contributed by atoms with Gasteiger partial charge in [-0.25, -0.2) is 4.98 Å². The Morgan fingerprint density at radius 3 is 2.75 bits per heavy atom. The van der Waals surface area contributed by atoms with Crippen LogP contribution < -0.4 is 15.4 Å². The summed E-state index contributed by atoms with van der Waals surface area (Å²) in [7, 11) is 1.62. The highest BCUT2D eigenvalue weighted by atomic mass is 16.5. The van der Waals surface area contributed by atoms with E-state index < -0.39 is 0 Å². The number of aromatic nitrogens is 1. The zero-order valence-electron chi connectivity index (χ0n) is 13.4. The number of aryl methyl sites for hydroxylation is 1. The zero-order chi connectivity index (χ0) is 16.9. The van der Waals surface area contributed by atoms with Gasteiger partial charge in [-0.3, -0.25) is 4.79 Å². The highest BCUT2D eigenvalue weighted by Gasteiger charge is 2.09. The highest BCUT2D eigenvalue weighted by molar-refractivity contribution is 6.02. The number of carbonyl (C=O) groups excluding carboxylic acids is 1. The van der Waals surface area contributed by atoms with Crippen molar-refractivity contribution in [3.63, 3.8) is 0 Å². The molecule has 0 aliphatic carbocycles. The van der Waals surface area contributed by atoms with Gasteiger partial charge in [-0.2, -0.15) is 0 Å². The molecule has 1 amide bonds. The maximum absolute atomic E-state index is 11.9. The molecule has 0 saturated heterocycles. The van der Waals surface area contributed by atoms with Crippen LogP contribution in [-0.2, 0) is 0 Å². The van der Waals surface area contributed by atoms with E-state index in [2.05, 4.69) is 15.6 Å². The molecule has 2 aromatic heterocycles. The van der Waals surface area contributed by atoms with Crippen LogP contribution in [0.1, 0.15) is 16.1 Å². The molecule has 0 fully saturated rings. The molecule has 0 saturated carbocycles. The Balaban J connectivity index is 1.71. The number of nitrogens with zero attached hydrogens (tertiary/aromatic N) is 1. The van der Waals surface area contributed by atoms with Crippen molar-refractivity contribution >= 4 is 23.1 Å². The van der Waals surface area contributed by atoms with E-state index in [1.807, 2.05) is 25.1 Å². The third-order valence-corrected chi connectivity index (χ3v) is 3.38. The van der Waals surface area contributed by atoms with Crippen LogP contribution in [0.15, 0.2) is 59.3 Å². The van der Waals surface area contributed by atoms with Crippen LogP contribution in [0.3, 0.4) is 0 Å². The van der Waals surface area contributed by atoms with Crippen LogP contribution >= 0.6 is 0 Å². The lowest BCUT2D eigenvalue weighted by Gasteiger charge is -2.12. The Labute approximate surface area is 139 Å². The van der Waals surface area contributed by atoms with Gasteiger partial charge in [0.05, 0.1) is 30.9 Å². The molecule has 122 valence electrons. The number of hydrogen-bond donors (Lipinski definition) is 2. The molecular weight excluding hydrogens is 306 g/mol. The topological polar surface area (TPSA) is 76.4 Å². The number of amides is 1. The summed E-state index contributed by atoms with van der Waals surface area (Å²) in [5.74, 6) is 1.32. The molecule has 0 spiro atoms. The Morgan fingerprint density at radius 2 is 2.08 bits per heavy atom. The van der Waals surface area contributed by atoms with Crippen molar-refractivity contribution in [2.75, 3.05) is 17.7 Å². The number of rotatable bonds is 5. The van der Waals surface area contributed by atoms with Crippen molar-refractivity contribution in [3.8, 4) is 5.75 Å². The maximum Gasteiger partial charge on any atom is 0.291 e. The van der Waals surface area contributed by atoms with Crippen LogP contribution in [0.4, 0.5) is 17.2 Å². The smallest absolute Gasteiger partial charge is 0.291 e. The minimum Gasteiger partial charge on any atom is -0.495 e. The van der Waals surface area contributed by atoms with Crippen LogP contribution in [0.2, 0.25) is 0 Å². The minimum atomic E-state index is -0.317. The summed E-state index contributed by atoms with van der Waals surface area (Å²) in [6.07, 6.45) is 3.03. The standard InChI is InChI=1S/C18H17N3O3/c1-12-5-7-15(23-2)14(10-12)21-17-8-6-13(11-19-17)20-18(22)16-4-3-9-24-16/h3-11H,1-2H3,(H,19,21)(H,20,22). The zero-order valence-corrected chi connectivity index (χ0v) is 13.4. The second-order valence-electron chi connectivity index (χ2n) is 5.19. The van der Waals surface area contributed by atoms with Crippen LogP contribution in [-0.4, -0.2) is 18.0 Å². The Bertz CT molecular complexity index is 827. The second-order valence-corrected chi connectivity index (χ2v) is 5.19. The SMILES string of the molecule is COc1ccc(C)cc1Nc1ccc(NC(=O)c2ccco2)cn1. The van der Waals surface area contributed by atoms with E-state index in [1.165, 1.54) is 6.26 Å². The fourth-order valence-corrected chi connectivity index (χ4v) is 2.20.